The lowest BCUT2D eigenvalue weighted by atomic mass is 10.2. The largest absolute Gasteiger partial charge is 0.327 e. The molecular weight excluding hydrogens is 195 g/mol. The third kappa shape index (κ3) is 1.29. The van der Waals surface area contributed by atoms with Gasteiger partial charge in [0.2, 0.25) is 5.28 Å². The lowest BCUT2D eigenvalue weighted by Gasteiger charge is -1.97. The van der Waals surface area contributed by atoms with Crippen molar-refractivity contribution in [3.05, 3.63) is 39.7 Å². The monoisotopic (exact) mass is 198 g/mol. The summed E-state index contributed by atoms with van der Waals surface area (Å²) in [5.74, 6) is -0.515. The molecule has 0 fully saturated rings. The first-order valence-electron chi connectivity index (χ1n) is 3.52. The molecule has 2 aromatic rings. The number of halogens is 2. The summed E-state index contributed by atoms with van der Waals surface area (Å²) in [5.41, 5.74) is -0.439. The first kappa shape index (κ1) is 8.19. The number of fused-ring (bicyclic) bond motifs is 1. The van der Waals surface area contributed by atoms with E-state index in [4.69, 9.17) is 11.6 Å². The fraction of sp³-hybridized carbons (Fsp3) is 0. The maximum absolute atomic E-state index is 13.1. The molecule has 0 unspecified atom stereocenters. The van der Waals surface area contributed by atoms with Gasteiger partial charge in [0.15, 0.2) is 0 Å². The molecule has 1 heterocycles. The Morgan fingerprint density at radius 2 is 2.23 bits per heavy atom. The van der Waals surface area contributed by atoms with Crippen LogP contribution in [0.25, 0.3) is 10.9 Å². The van der Waals surface area contributed by atoms with Gasteiger partial charge in [0.05, 0.1) is 10.9 Å². The van der Waals surface area contributed by atoms with Gasteiger partial charge in [-0.2, -0.15) is 4.98 Å². The van der Waals surface area contributed by atoms with Crippen LogP contribution in [0.1, 0.15) is 0 Å². The highest BCUT2D eigenvalue weighted by molar-refractivity contribution is 6.28. The van der Waals surface area contributed by atoms with Gasteiger partial charge in [-0.1, -0.05) is 6.07 Å². The number of para-hydroxylation sites is 1. The molecule has 0 saturated heterocycles. The standard InChI is InChI=1S/C8H4ClFN2O/c9-8-11-6-4(7(13)12-8)2-1-3-5(6)10/h1-3H,(H,11,12,13). The molecule has 13 heavy (non-hydrogen) atoms. The second kappa shape index (κ2) is 2.81. The van der Waals surface area contributed by atoms with Gasteiger partial charge in [-0.25, -0.2) is 4.39 Å². The number of benzene rings is 1. The Morgan fingerprint density at radius 1 is 1.46 bits per heavy atom. The Labute approximate surface area is 77.2 Å². The molecule has 3 nitrogen and oxygen atoms in total. The van der Waals surface area contributed by atoms with Crippen LogP contribution in [0, 0.1) is 5.82 Å². The Kier molecular flexibility index (Phi) is 1.77. The average molecular weight is 199 g/mol. The van der Waals surface area contributed by atoms with E-state index in [1.54, 1.807) is 0 Å². The minimum absolute atomic E-state index is 0.0903. The van der Waals surface area contributed by atoms with Crippen molar-refractivity contribution in [1.29, 1.82) is 0 Å². The molecule has 0 bridgehead atoms. The van der Waals surface area contributed by atoms with E-state index >= 15 is 0 Å². The summed E-state index contributed by atoms with van der Waals surface area (Å²) in [6, 6.07) is 4.18. The molecule has 0 aliphatic heterocycles. The minimum Gasteiger partial charge on any atom is -0.327 e. The number of nitrogens with one attached hydrogen (secondary N) is 1. The van der Waals surface area contributed by atoms with E-state index in [1.807, 2.05) is 0 Å². The van der Waals surface area contributed by atoms with Crippen LogP contribution in [0.4, 0.5) is 4.39 Å². The Morgan fingerprint density at radius 3 is 3.00 bits per heavy atom. The maximum Gasteiger partial charge on any atom is 0.281 e. The van der Waals surface area contributed by atoms with Crippen LogP contribution in [0.5, 0.6) is 0 Å². The summed E-state index contributed by atoms with van der Waals surface area (Å²) in [6.45, 7) is 0. The minimum atomic E-state index is -0.529. The van der Waals surface area contributed by atoms with Crippen LogP contribution in [0.3, 0.4) is 0 Å². The molecule has 5 heteroatoms. The van der Waals surface area contributed by atoms with Gasteiger partial charge in [-0.3, -0.25) is 4.79 Å². The Bertz CT molecular complexity index is 523. The van der Waals surface area contributed by atoms with Gasteiger partial charge in [-0.05, 0) is 23.7 Å². The van der Waals surface area contributed by atoms with Crippen LogP contribution in [0.2, 0.25) is 5.28 Å². The van der Waals surface area contributed by atoms with Gasteiger partial charge < -0.3 is 4.98 Å². The van der Waals surface area contributed by atoms with Crippen molar-refractivity contribution in [3.63, 3.8) is 0 Å². The number of hydrogen-bond acceptors (Lipinski definition) is 2. The van der Waals surface area contributed by atoms with Crippen molar-refractivity contribution in [1.82, 2.24) is 9.97 Å². The van der Waals surface area contributed by atoms with Gasteiger partial charge in [0, 0.05) is 0 Å². The molecule has 0 aliphatic rings. The molecule has 0 spiro atoms. The molecule has 66 valence electrons. The smallest absolute Gasteiger partial charge is 0.281 e. The number of rotatable bonds is 0. The molecule has 0 amide bonds. The second-order valence-electron chi connectivity index (χ2n) is 2.50. The topological polar surface area (TPSA) is 45.8 Å². The second-order valence-corrected chi connectivity index (χ2v) is 2.85. The van der Waals surface area contributed by atoms with Crippen LogP contribution in [0.15, 0.2) is 23.0 Å². The summed E-state index contributed by atoms with van der Waals surface area (Å²) in [6.07, 6.45) is 0. The van der Waals surface area contributed by atoms with E-state index in [9.17, 15) is 9.18 Å². The Balaban J connectivity index is 3.03. The lowest BCUT2D eigenvalue weighted by Crippen LogP contribution is -2.08. The number of H-pyrrole nitrogens is 1. The van der Waals surface area contributed by atoms with Crippen molar-refractivity contribution < 1.29 is 4.39 Å². The molecule has 1 N–H and O–H groups in total. The number of nitrogens with zero attached hydrogens (tertiary/aromatic N) is 1. The fourth-order valence-corrected chi connectivity index (χ4v) is 1.28. The highest BCUT2D eigenvalue weighted by atomic mass is 35.5. The molecule has 2 rings (SSSR count). The van der Waals surface area contributed by atoms with Crippen molar-refractivity contribution in [2.24, 2.45) is 0 Å². The zero-order valence-corrected chi connectivity index (χ0v) is 7.10. The van der Waals surface area contributed by atoms with Gasteiger partial charge in [0.25, 0.3) is 5.56 Å². The molecular formula is C8H4ClFN2O. The van der Waals surface area contributed by atoms with E-state index in [2.05, 4.69) is 9.97 Å². The predicted octanol–water partition coefficient (Wildman–Crippen LogP) is 1.72. The van der Waals surface area contributed by atoms with Crippen molar-refractivity contribution in [2.45, 2.75) is 0 Å². The van der Waals surface area contributed by atoms with Crippen molar-refractivity contribution in [2.75, 3.05) is 0 Å². The molecule has 0 aliphatic carbocycles. The fourth-order valence-electron chi connectivity index (χ4n) is 1.11. The van der Waals surface area contributed by atoms with Gasteiger partial charge in [0.1, 0.15) is 5.82 Å². The number of aromatic amines is 1. The average Bonchev–Trinajstić information content (AvgIpc) is 2.07. The van der Waals surface area contributed by atoms with Gasteiger partial charge in [-0.15, -0.1) is 0 Å². The third-order valence-electron chi connectivity index (χ3n) is 1.67. The zero-order valence-electron chi connectivity index (χ0n) is 6.34. The number of aromatic nitrogens is 2. The third-order valence-corrected chi connectivity index (χ3v) is 1.85. The van der Waals surface area contributed by atoms with E-state index in [1.165, 1.54) is 18.2 Å². The van der Waals surface area contributed by atoms with E-state index < -0.39 is 11.4 Å². The quantitative estimate of drug-likeness (QED) is 0.655. The van der Waals surface area contributed by atoms with Crippen LogP contribution >= 0.6 is 11.6 Å². The summed E-state index contributed by atoms with van der Waals surface area (Å²) in [5, 5.41) is 0.0898. The molecule has 0 atom stereocenters. The van der Waals surface area contributed by atoms with Crippen LogP contribution < -0.4 is 5.56 Å². The molecule has 0 radical (unpaired) electrons. The predicted molar refractivity (Wildman–Crippen MR) is 47.3 cm³/mol. The summed E-state index contributed by atoms with van der Waals surface area (Å²) in [4.78, 5) is 17.1. The zero-order chi connectivity index (χ0) is 9.42. The molecule has 1 aromatic carbocycles. The first-order chi connectivity index (χ1) is 6.18. The van der Waals surface area contributed by atoms with E-state index in [0.29, 0.717) is 0 Å². The normalized spacial score (nSPS) is 10.6. The summed E-state index contributed by atoms with van der Waals surface area (Å²) < 4.78 is 13.1. The number of hydrogen-bond donors (Lipinski definition) is 1. The summed E-state index contributed by atoms with van der Waals surface area (Å²) >= 11 is 5.46. The van der Waals surface area contributed by atoms with E-state index in [-0.39, 0.29) is 16.2 Å². The molecule has 1 aromatic heterocycles. The Hall–Kier alpha value is -1.42. The lowest BCUT2D eigenvalue weighted by molar-refractivity contribution is 0.636. The van der Waals surface area contributed by atoms with Crippen LogP contribution in [-0.2, 0) is 0 Å². The summed E-state index contributed by atoms with van der Waals surface area (Å²) in [7, 11) is 0. The molecule has 0 saturated carbocycles. The SMILES string of the molecule is O=c1nc(Cl)[nH]c2c(F)cccc12. The van der Waals surface area contributed by atoms with E-state index in [0.717, 1.165) is 0 Å². The highest BCUT2D eigenvalue weighted by Gasteiger charge is 2.05. The first-order valence-corrected chi connectivity index (χ1v) is 3.90. The van der Waals surface area contributed by atoms with Crippen molar-refractivity contribution in [3.8, 4) is 0 Å². The highest BCUT2D eigenvalue weighted by Crippen LogP contribution is 2.12. The van der Waals surface area contributed by atoms with Gasteiger partial charge >= 0.3 is 0 Å². The van der Waals surface area contributed by atoms with Crippen molar-refractivity contribution >= 4 is 22.5 Å². The van der Waals surface area contributed by atoms with Crippen LogP contribution in [-0.4, -0.2) is 9.97 Å². The maximum atomic E-state index is 13.1.